The Morgan fingerprint density at radius 2 is 1.77 bits per heavy atom. The standard InChI is InChI=1S/C26H28N4O5/c1-16-13-23(31)29-24(27-16)18-5-4-6-20(14-18)28-25(32)17-9-11-30(12-10-17)26(33)19-7-8-21(34-2)22(15-19)35-3/h4-8,13-15,17H,9-12H2,1-3H3,(H,28,32)(H,27,29,31). The van der Waals surface area contributed by atoms with Crippen molar-refractivity contribution in [2.45, 2.75) is 19.8 Å². The average molecular weight is 477 g/mol. The summed E-state index contributed by atoms with van der Waals surface area (Å²) in [6.07, 6.45) is 1.13. The lowest BCUT2D eigenvalue weighted by Crippen LogP contribution is -2.41. The first-order valence-electron chi connectivity index (χ1n) is 11.4. The molecule has 1 saturated heterocycles. The van der Waals surface area contributed by atoms with E-state index in [0.717, 1.165) is 0 Å². The quantitative estimate of drug-likeness (QED) is 0.565. The van der Waals surface area contributed by atoms with Crippen molar-refractivity contribution in [3.63, 3.8) is 0 Å². The van der Waals surface area contributed by atoms with E-state index >= 15 is 0 Å². The number of carbonyl (C=O) groups excluding carboxylic acids is 2. The first-order valence-corrected chi connectivity index (χ1v) is 11.4. The molecule has 0 radical (unpaired) electrons. The summed E-state index contributed by atoms with van der Waals surface area (Å²) >= 11 is 0. The van der Waals surface area contributed by atoms with Gasteiger partial charge in [0.1, 0.15) is 5.82 Å². The van der Waals surface area contributed by atoms with Crippen molar-refractivity contribution < 1.29 is 19.1 Å². The first kappa shape index (κ1) is 24.0. The number of H-pyrrole nitrogens is 1. The lowest BCUT2D eigenvalue weighted by molar-refractivity contribution is -0.121. The van der Waals surface area contributed by atoms with E-state index in [0.29, 0.717) is 65.8 Å². The number of benzene rings is 2. The van der Waals surface area contributed by atoms with Gasteiger partial charge in [-0.2, -0.15) is 0 Å². The number of aromatic nitrogens is 2. The molecule has 2 N–H and O–H groups in total. The SMILES string of the molecule is COc1ccc(C(=O)N2CCC(C(=O)Nc3cccc(-c4nc(C)cc(=O)[nH]4)c3)CC2)cc1OC. The number of anilines is 1. The van der Waals surface area contributed by atoms with Crippen LogP contribution in [-0.4, -0.2) is 54.0 Å². The number of nitrogens with zero attached hydrogens (tertiary/aromatic N) is 2. The van der Waals surface area contributed by atoms with E-state index in [1.165, 1.54) is 13.2 Å². The summed E-state index contributed by atoms with van der Waals surface area (Å²) in [7, 11) is 3.08. The Balaban J connectivity index is 1.37. The van der Waals surface area contributed by atoms with Gasteiger partial charge in [-0.3, -0.25) is 14.4 Å². The highest BCUT2D eigenvalue weighted by molar-refractivity contribution is 5.96. The lowest BCUT2D eigenvalue weighted by Gasteiger charge is -2.31. The summed E-state index contributed by atoms with van der Waals surface area (Å²) < 4.78 is 10.5. The van der Waals surface area contributed by atoms with Gasteiger partial charge < -0.3 is 24.7 Å². The lowest BCUT2D eigenvalue weighted by atomic mass is 9.95. The van der Waals surface area contributed by atoms with E-state index in [9.17, 15) is 14.4 Å². The Bertz CT molecular complexity index is 1290. The van der Waals surface area contributed by atoms with E-state index in [-0.39, 0.29) is 23.3 Å². The van der Waals surface area contributed by atoms with Crippen molar-refractivity contribution in [1.29, 1.82) is 0 Å². The molecule has 3 aromatic rings. The van der Waals surface area contributed by atoms with Crippen LogP contribution in [0.1, 0.15) is 28.9 Å². The summed E-state index contributed by atoms with van der Waals surface area (Å²) in [5.74, 6) is 1.12. The second-order valence-electron chi connectivity index (χ2n) is 8.44. The number of aryl methyl sites for hydroxylation is 1. The molecule has 0 unspecified atom stereocenters. The van der Waals surface area contributed by atoms with Crippen LogP contribution in [0.25, 0.3) is 11.4 Å². The van der Waals surface area contributed by atoms with Gasteiger partial charge in [0.15, 0.2) is 11.5 Å². The molecule has 0 saturated carbocycles. The number of ether oxygens (including phenoxy) is 2. The van der Waals surface area contributed by atoms with Gasteiger partial charge >= 0.3 is 0 Å². The minimum Gasteiger partial charge on any atom is -0.493 e. The summed E-state index contributed by atoms with van der Waals surface area (Å²) in [5, 5.41) is 2.96. The van der Waals surface area contributed by atoms with E-state index in [4.69, 9.17) is 9.47 Å². The average Bonchev–Trinajstić information content (AvgIpc) is 2.87. The zero-order valence-corrected chi connectivity index (χ0v) is 20.0. The van der Waals surface area contributed by atoms with E-state index in [2.05, 4.69) is 15.3 Å². The van der Waals surface area contributed by atoms with Crippen molar-refractivity contribution >= 4 is 17.5 Å². The van der Waals surface area contributed by atoms with Crippen molar-refractivity contribution in [3.05, 3.63) is 70.1 Å². The van der Waals surface area contributed by atoms with Crippen LogP contribution in [0.3, 0.4) is 0 Å². The number of methoxy groups -OCH3 is 2. The molecule has 9 heteroatoms. The Kier molecular flexibility index (Phi) is 7.14. The second-order valence-corrected chi connectivity index (χ2v) is 8.44. The molecule has 4 rings (SSSR count). The number of hydrogen-bond donors (Lipinski definition) is 2. The van der Waals surface area contributed by atoms with Crippen LogP contribution in [0.4, 0.5) is 5.69 Å². The van der Waals surface area contributed by atoms with Crippen LogP contribution in [0.2, 0.25) is 0 Å². The third-order valence-corrected chi connectivity index (χ3v) is 6.06. The highest BCUT2D eigenvalue weighted by atomic mass is 16.5. The summed E-state index contributed by atoms with van der Waals surface area (Å²) in [4.78, 5) is 46.5. The number of rotatable bonds is 6. The predicted molar refractivity (Wildman–Crippen MR) is 132 cm³/mol. The van der Waals surface area contributed by atoms with Gasteiger partial charge in [-0.05, 0) is 50.1 Å². The summed E-state index contributed by atoms with van der Waals surface area (Å²) in [5.41, 5.74) is 2.24. The Morgan fingerprint density at radius 1 is 1.03 bits per heavy atom. The molecule has 2 heterocycles. The molecule has 182 valence electrons. The van der Waals surface area contributed by atoms with Crippen LogP contribution in [0.15, 0.2) is 53.3 Å². The molecule has 0 atom stereocenters. The number of carbonyl (C=O) groups is 2. The maximum absolute atomic E-state index is 13.0. The van der Waals surface area contributed by atoms with Crippen molar-refractivity contribution in [3.8, 4) is 22.9 Å². The fraction of sp³-hybridized carbons (Fsp3) is 0.308. The van der Waals surface area contributed by atoms with Crippen LogP contribution in [0, 0.1) is 12.8 Å². The first-order chi connectivity index (χ1) is 16.9. The molecule has 35 heavy (non-hydrogen) atoms. The minimum absolute atomic E-state index is 0.0916. The summed E-state index contributed by atoms with van der Waals surface area (Å²) in [6, 6.07) is 13.7. The maximum Gasteiger partial charge on any atom is 0.253 e. The fourth-order valence-electron chi connectivity index (χ4n) is 4.20. The third-order valence-electron chi connectivity index (χ3n) is 6.06. The molecule has 1 aliphatic rings. The zero-order chi connectivity index (χ0) is 24.9. The number of hydrogen-bond acceptors (Lipinski definition) is 6. The van der Waals surface area contributed by atoms with Gasteiger partial charge in [-0.1, -0.05) is 12.1 Å². The van der Waals surface area contributed by atoms with Crippen molar-refractivity contribution in [2.24, 2.45) is 5.92 Å². The molecule has 1 aromatic heterocycles. The molecule has 1 fully saturated rings. The van der Waals surface area contributed by atoms with Crippen molar-refractivity contribution in [1.82, 2.24) is 14.9 Å². The van der Waals surface area contributed by atoms with Crippen LogP contribution >= 0.6 is 0 Å². The van der Waals surface area contributed by atoms with E-state index in [1.807, 2.05) is 6.07 Å². The minimum atomic E-state index is -0.226. The van der Waals surface area contributed by atoms with Gasteiger partial charge in [0.2, 0.25) is 5.91 Å². The molecule has 9 nitrogen and oxygen atoms in total. The normalized spacial score (nSPS) is 13.9. The zero-order valence-electron chi connectivity index (χ0n) is 20.0. The second kappa shape index (κ2) is 10.4. The Labute approximate surface area is 203 Å². The number of amides is 2. The maximum atomic E-state index is 13.0. The third kappa shape index (κ3) is 5.51. The number of nitrogens with one attached hydrogen (secondary N) is 2. The predicted octanol–water partition coefficient (Wildman–Crippen LogP) is 3.25. The van der Waals surface area contributed by atoms with E-state index < -0.39 is 0 Å². The molecular formula is C26H28N4O5. The highest BCUT2D eigenvalue weighted by Crippen LogP contribution is 2.29. The van der Waals surface area contributed by atoms with Crippen molar-refractivity contribution in [2.75, 3.05) is 32.6 Å². The van der Waals surface area contributed by atoms with Gasteiger partial charge in [0.25, 0.3) is 11.5 Å². The van der Waals surface area contributed by atoms with Crippen LogP contribution in [0.5, 0.6) is 11.5 Å². The number of piperidine rings is 1. The van der Waals surface area contributed by atoms with Crippen LogP contribution < -0.4 is 20.3 Å². The molecule has 2 aromatic carbocycles. The van der Waals surface area contributed by atoms with Gasteiger partial charge in [0, 0.05) is 47.6 Å². The monoisotopic (exact) mass is 476 g/mol. The molecule has 2 amide bonds. The number of likely N-dealkylation sites (tertiary alicyclic amines) is 1. The molecular weight excluding hydrogens is 448 g/mol. The fourth-order valence-corrected chi connectivity index (χ4v) is 4.20. The Hall–Kier alpha value is -4.14. The Morgan fingerprint density at radius 3 is 2.46 bits per heavy atom. The van der Waals surface area contributed by atoms with Crippen LogP contribution in [-0.2, 0) is 4.79 Å². The largest absolute Gasteiger partial charge is 0.493 e. The van der Waals surface area contributed by atoms with Gasteiger partial charge in [-0.25, -0.2) is 4.98 Å². The topological polar surface area (TPSA) is 114 Å². The smallest absolute Gasteiger partial charge is 0.253 e. The summed E-state index contributed by atoms with van der Waals surface area (Å²) in [6.45, 7) is 2.73. The molecule has 0 spiro atoms. The number of aromatic amines is 1. The van der Waals surface area contributed by atoms with E-state index in [1.54, 1.807) is 55.3 Å². The molecule has 0 bridgehead atoms. The molecule has 1 aliphatic heterocycles. The van der Waals surface area contributed by atoms with Gasteiger partial charge in [0.05, 0.1) is 14.2 Å². The van der Waals surface area contributed by atoms with Gasteiger partial charge in [-0.15, -0.1) is 0 Å². The highest BCUT2D eigenvalue weighted by Gasteiger charge is 2.28. The molecule has 0 aliphatic carbocycles.